The molecule has 1 amide bonds. The van der Waals surface area contributed by atoms with E-state index in [4.69, 9.17) is 9.47 Å². The van der Waals surface area contributed by atoms with Crippen molar-refractivity contribution in [3.63, 3.8) is 0 Å². The number of aromatic amines is 2. The maximum atomic E-state index is 13.4. The normalized spacial score (nSPS) is 20.6. The van der Waals surface area contributed by atoms with Gasteiger partial charge in [-0.2, -0.15) is 18.2 Å². The summed E-state index contributed by atoms with van der Waals surface area (Å²) in [5, 5.41) is 15.5. The molecule has 3 N–H and O–H groups in total. The molecule has 36 heavy (non-hydrogen) atoms. The highest BCUT2D eigenvalue weighted by Crippen LogP contribution is 2.38. The first kappa shape index (κ1) is 28.0. The van der Waals surface area contributed by atoms with Crippen molar-refractivity contribution in [3.05, 3.63) is 46.6 Å². The molecule has 1 aromatic carbocycles. The summed E-state index contributed by atoms with van der Waals surface area (Å²) in [5.41, 5.74) is -1.37. The van der Waals surface area contributed by atoms with Gasteiger partial charge in [0.15, 0.2) is 5.49 Å². The van der Waals surface area contributed by atoms with E-state index in [2.05, 4.69) is 36.0 Å². The number of nitrogens with zero attached hydrogens (tertiary/aromatic N) is 1. The molecular weight excluding hydrogens is 475 g/mol. The number of benzene rings is 1. The highest BCUT2D eigenvalue weighted by molar-refractivity contribution is 5.97. The second kappa shape index (κ2) is 10.4. The van der Waals surface area contributed by atoms with Crippen LogP contribution in [0.5, 0.6) is 5.75 Å². The molecule has 10 heteroatoms. The number of aromatic nitrogens is 2. The Labute approximate surface area is 209 Å². The molecule has 200 valence electrons. The van der Waals surface area contributed by atoms with Crippen molar-refractivity contribution in [1.82, 2.24) is 10.2 Å². The number of carbonyl (C=O) groups excluding carboxylic acids is 1. The Balaban J connectivity index is 1.90. The minimum Gasteiger partial charge on any atom is -0.493 e. The van der Waals surface area contributed by atoms with Gasteiger partial charge in [0, 0.05) is 24.1 Å². The smallest absolute Gasteiger partial charge is 0.416 e. The maximum Gasteiger partial charge on any atom is 0.416 e. The Morgan fingerprint density at radius 1 is 1.22 bits per heavy atom. The van der Waals surface area contributed by atoms with E-state index >= 15 is 0 Å². The van der Waals surface area contributed by atoms with Crippen molar-refractivity contribution in [2.45, 2.75) is 90.7 Å². The quantitative estimate of drug-likeness (QED) is 0.467. The third kappa shape index (κ3) is 7.00. The van der Waals surface area contributed by atoms with Gasteiger partial charge in [-0.15, -0.1) is 0 Å². The fourth-order valence-electron chi connectivity index (χ4n) is 4.20. The van der Waals surface area contributed by atoms with Crippen molar-refractivity contribution >= 4 is 5.91 Å². The molecule has 1 aliphatic heterocycles. The summed E-state index contributed by atoms with van der Waals surface area (Å²) in [5.74, 6) is -1.00. The number of carbonyl (C=O) groups is 1. The molecule has 0 aliphatic carbocycles. The first-order chi connectivity index (χ1) is 16.6. The van der Waals surface area contributed by atoms with Gasteiger partial charge in [0.05, 0.1) is 35.5 Å². The Morgan fingerprint density at radius 2 is 1.92 bits per heavy atom. The van der Waals surface area contributed by atoms with Crippen molar-refractivity contribution in [1.29, 1.82) is 0 Å². The lowest BCUT2D eigenvalue weighted by atomic mass is 9.87. The predicted octanol–water partition coefficient (Wildman–Crippen LogP) is 5.34. The molecule has 0 spiro atoms. The van der Waals surface area contributed by atoms with Gasteiger partial charge in [-0.1, -0.05) is 27.7 Å². The average molecular weight is 512 g/mol. The summed E-state index contributed by atoms with van der Waals surface area (Å²) in [6.45, 7) is 11.6. The summed E-state index contributed by atoms with van der Waals surface area (Å²) in [4.78, 5) is 17.2. The number of nitrogens with one attached hydrogen (secondary N) is 2. The van der Waals surface area contributed by atoms with Gasteiger partial charge in [0.2, 0.25) is 0 Å². The summed E-state index contributed by atoms with van der Waals surface area (Å²) in [6.07, 6.45) is -0.896. The highest BCUT2D eigenvalue weighted by atomic mass is 19.4. The average Bonchev–Trinajstić information content (AvgIpc) is 3.41. The van der Waals surface area contributed by atoms with Crippen LogP contribution in [0.4, 0.5) is 13.2 Å². The number of rotatable bonds is 7. The fraction of sp³-hybridized carbons (Fsp3) is 0.615. The van der Waals surface area contributed by atoms with E-state index in [-0.39, 0.29) is 53.4 Å². The summed E-state index contributed by atoms with van der Waals surface area (Å²) >= 11 is 0. The molecule has 1 fully saturated rings. The minimum absolute atomic E-state index is 0.00700. The molecule has 0 radical (unpaired) electrons. The lowest BCUT2D eigenvalue weighted by molar-refractivity contribution is -0.137. The van der Waals surface area contributed by atoms with Crippen LogP contribution < -0.4 is 10.2 Å². The molecule has 3 rings (SSSR count). The van der Waals surface area contributed by atoms with E-state index in [9.17, 15) is 23.1 Å². The summed E-state index contributed by atoms with van der Waals surface area (Å²) in [7, 11) is 0. The van der Waals surface area contributed by atoms with E-state index in [1.807, 2.05) is 6.92 Å². The van der Waals surface area contributed by atoms with E-state index in [1.165, 1.54) is 0 Å². The molecule has 0 saturated carbocycles. The SMILES string of the molecule is CC(c1c[nH][nH]/c1=N/C(=O)c1cc(C(F)(F)F)ccc1OCCC(C)(C)O)[C@H]1CCC(C(C)(C)C)O1. The molecule has 2 unspecified atom stereocenters. The van der Waals surface area contributed by atoms with Crippen LogP contribution in [0.15, 0.2) is 29.4 Å². The molecule has 2 aromatic rings. The lowest BCUT2D eigenvalue weighted by Gasteiger charge is -2.28. The second-order valence-electron chi connectivity index (χ2n) is 11.1. The third-order valence-electron chi connectivity index (χ3n) is 6.48. The van der Waals surface area contributed by atoms with Gasteiger partial charge in [-0.05, 0) is 50.3 Å². The minimum atomic E-state index is -4.63. The number of halogens is 3. The molecule has 7 nitrogen and oxygen atoms in total. The number of hydrogen-bond donors (Lipinski definition) is 3. The predicted molar refractivity (Wildman–Crippen MR) is 129 cm³/mol. The van der Waals surface area contributed by atoms with Crippen LogP contribution in [0.2, 0.25) is 0 Å². The number of ether oxygens (including phenoxy) is 2. The summed E-state index contributed by atoms with van der Waals surface area (Å²) in [6, 6.07) is 2.71. The van der Waals surface area contributed by atoms with Crippen LogP contribution in [-0.2, 0) is 10.9 Å². The number of aliphatic hydroxyl groups is 1. The number of hydrogen-bond acceptors (Lipinski definition) is 4. The molecule has 1 aromatic heterocycles. The van der Waals surface area contributed by atoms with Crippen LogP contribution in [0, 0.1) is 5.41 Å². The maximum absolute atomic E-state index is 13.4. The monoisotopic (exact) mass is 511 g/mol. The van der Waals surface area contributed by atoms with E-state index in [1.54, 1.807) is 20.0 Å². The Bertz CT molecular complexity index is 1120. The highest BCUT2D eigenvalue weighted by Gasteiger charge is 2.37. The van der Waals surface area contributed by atoms with Crippen LogP contribution in [0.3, 0.4) is 0 Å². The van der Waals surface area contributed by atoms with Crippen molar-refractivity contribution in [2.75, 3.05) is 6.61 Å². The van der Waals surface area contributed by atoms with Crippen LogP contribution in [0.1, 0.15) is 88.2 Å². The second-order valence-corrected chi connectivity index (χ2v) is 11.1. The van der Waals surface area contributed by atoms with Gasteiger partial charge in [-0.25, -0.2) is 0 Å². The number of H-pyrrole nitrogens is 2. The zero-order chi connectivity index (χ0) is 26.9. The van der Waals surface area contributed by atoms with E-state index in [0.29, 0.717) is 5.56 Å². The van der Waals surface area contributed by atoms with Crippen molar-refractivity contribution in [3.8, 4) is 5.75 Å². The molecule has 1 saturated heterocycles. The Morgan fingerprint density at radius 3 is 2.50 bits per heavy atom. The van der Waals surface area contributed by atoms with Gasteiger partial charge < -0.3 is 19.7 Å². The first-order valence-corrected chi connectivity index (χ1v) is 12.1. The van der Waals surface area contributed by atoms with Gasteiger partial charge >= 0.3 is 6.18 Å². The zero-order valence-electron chi connectivity index (χ0n) is 21.6. The number of alkyl halides is 3. The van der Waals surface area contributed by atoms with Gasteiger partial charge in [0.25, 0.3) is 5.91 Å². The lowest BCUT2D eigenvalue weighted by Crippen LogP contribution is -2.29. The van der Waals surface area contributed by atoms with Crippen LogP contribution in [-0.4, -0.2) is 45.6 Å². The standard InChI is InChI=1S/C26H36F3N3O4/c1-15(19-9-10-21(36-19)24(2,3)4)18-14-30-32-22(18)31-23(33)17-13-16(26(27,28)29)7-8-20(17)35-12-11-25(5,6)34/h7-8,13-15,19,21,34H,9-12H2,1-6H3,(H2,30,31,32,33)/t15?,19-,21?/m1/s1. The molecule has 3 atom stereocenters. The molecule has 1 aliphatic rings. The van der Waals surface area contributed by atoms with Crippen molar-refractivity contribution in [2.24, 2.45) is 10.4 Å². The van der Waals surface area contributed by atoms with E-state index < -0.39 is 23.2 Å². The number of amides is 1. The van der Waals surface area contributed by atoms with Crippen LogP contribution in [0.25, 0.3) is 0 Å². The summed E-state index contributed by atoms with van der Waals surface area (Å²) < 4.78 is 52.0. The van der Waals surface area contributed by atoms with E-state index in [0.717, 1.165) is 31.0 Å². The van der Waals surface area contributed by atoms with Gasteiger partial charge in [-0.3, -0.25) is 9.89 Å². The zero-order valence-corrected chi connectivity index (χ0v) is 21.6. The third-order valence-corrected chi connectivity index (χ3v) is 6.48. The largest absolute Gasteiger partial charge is 0.493 e. The fourth-order valence-corrected chi connectivity index (χ4v) is 4.20. The topological polar surface area (TPSA) is 99.7 Å². The Kier molecular flexibility index (Phi) is 8.10. The Hall–Kier alpha value is -2.59. The van der Waals surface area contributed by atoms with Crippen molar-refractivity contribution < 1.29 is 32.5 Å². The first-order valence-electron chi connectivity index (χ1n) is 12.1. The molecular formula is C26H36F3N3O4. The molecule has 2 heterocycles. The van der Waals surface area contributed by atoms with Crippen LogP contribution >= 0.6 is 0 Å². The molecule has 0 bridgehead atoms. The van der Waals surface area contributed by atoms with Gasteiger partial charge in [0.1, 0.15) is 5.75 Å².